The number of carbonyl (C=O) groups excluding carboxylic acids is 2. The summed E-state index contributed by atoms with van der Waals surface area (Å²) in [7, 11) is 1.16. The van der Waals surface area contributed by atoms with Crippen molar-refractivity contribution in [2.45, 2.75) is 0 Å². The van der Waals surface area contributed by atoms with Crippen molar-refractivity contribution < 1.29 is 19.2 Å². The lowest BCUT2D eigenvalue weighted by molar-refractivity contribution is -0.384. The summed E-state index contributed by atoms with van der Waals surface area (Å²) in [5.74, 6) is -1.73. The molecular formula is C11H9N5O5. The van der Waals surface area contributed by atoms with Crippen LogP contribution in [0.1, 0.15) is 20.8 Å². The molecule has 0 radical (unpaired) electrons. The first kappa shape index (κ1) is 14.1. The number of methoxy groups -OCH3 is 1. The number of hydrogen-bond donors (Lipinski definition) is 1. The molecule has 2 heterocycles. The molecule has 0 aliphatic heterocycles. The predicted molar refractivity (Wildman–Crippen MR) is 67.9 cm³/mol. The van der Waals surface area contributed by atoms with Gasteiger partial charge in [-0.3, -0.25) is 14.9 Å². The van der Waals surface area contributed by atoms with Gasteiger partial charge in [-0.05, 0) is 6.07 Å². The minimum atomic E-state index is -0.756. The highest BCUT2D eigenvalue weighted by Gasteiger charge is 2.21. The van der Waals surface area contributed by atoms with Crippen molar-refractivity contribution in [2.75, 3.05) is 7.11 Å². The van der Waals surface area contributed by atoms with Crippen LogP contribution in [0, 0.1) is 10.1 Å². The fraction of sp³-hybridized carbons (Fsp3) is 0.0909. The minimum Gasteiger partial charge on any atom is -0.464 e. The van der Waals surface area contributed by atoms with Crippen molar-refractivity contribution in [2.24, 2.45) is 5.73 Å². The van der Waals surface area contributed by atoms with Gasteiger partial charge in [-0.25, -0.2) is 14.5 Å². The van der Waals surface area contributed by atoms with Crippen LogP contribution in [-0.2, 0) is 4.74 Å². The summed E-state index contributed by atoms with van der Waals surface area (Å²) in [6.07, 6.45) is 2.32. The van der Waals surface area contributed by atoms with Gasteiger partial charge in [-0.1, -0.05) is 0 Å². The number of primary amides is 1. The second kappa shape index (κ2) is 5.36. The van der Waals surface area contributed by atoms with Crippen LogP contribution in [-0.4, -0.2) is 38.7 Å². The molecule has 0 aliphatic carbocycles. The molecular weight excluding hydrogens is 282 g/mol. The fourth-order valence-electron chi connectivity index (χ4n) is 1.54. The number of nitrogens with two attached hydrogens (primary N) is 1. The third-order valence-corrected chi connectivity index (χ3v) is 2.53. The van der Waals surface area contributed by atoms with Crippen molar-refractivity contribution in [1.82, 2.24) is 14.8 Å². The largest absolute Gasteiger partial charge is 0.464 e. The number of aromatic nitrogens is 3. The molecule has 10 heteroatoms. The van der Waals surface area contributed by atoms with Gasteiger partial charge in [-0.2, -0.15) is 5.10 Å². The van der Waals surface area contributed by atoms with E-state index in [1.807, 2.05) is 0 Å². The molecule has 2 aromatic heterocycles. The Hall–Kier alpha value is -3.30. The van der Waals surface area contributed by atoms with Gasteiger partial charge in [0.15, 0.2) is 5.69 Å². The molecule has 0 unspecified atom stereocenters. The molecule has 0 spiro atoms. The second-order valence-corrected chi connectivity index (χ2v) is 3.83. The Morgan fingerprint density at radius 1 is 1.43 bits per heavy atom. The Morgan fingerprint density at radius 2 is 2.14 bits per heavy atom. The van der Waals surface area contributed by atoms with E-state index in [-0.39, 0.29) is 22.8 Å². The first-order valence-electron chi connectivity index (χ1n) is 5.52. The van der Waals surface area contributed by atoms with Gasteiger partial charge in [0.05, 0.1) is 23.8 Å². The van der Waals surface area contributed by atoms with Crippen LogP contribution >= 0.6 is 0 Å². The highest BCUT2D eigenvalue weighted by atomic mass is 16.6. The van der Waals surface area contributed by atoms with E-state index in [2.05, 4.69) is 14.8 Å². The van der Waals surface area contributed by atoms with E-state index in [9.17, 15) is 19.7 Å². The zero-order chi connectivity index (χ0) is 15.6. The Bertz CT molecular complexity index is 738. The molecule has 0 saturated carbocycles. The maximum Gasteiger partial charge on any atom is 0.356 e. The van der Waals surface area contributed by atoms with E-state index in [0.29, 0.717) is 0 Å². The summed E-state index contributed by atoms with van der Waals surface area (Å²) in [6, 6.07) is 2.26. The summed E-state index contributed by atoms with van der Waals surface area (Å²) >= 11 is 0. The number of nitrogens with zero attached hydrogens (tertiary/aromatic N) is 4. The van der Waals surface area contributed by atoms with Crippen molar-refractivity contribution in [3.05, 3.63) is 45.9 Å². The Balaban J connectivity index is 2.59. The molecule has 0 saturated heterocycles. The average molecular weight is 291 g/mol. The zero-order valence-electron chi connectivity index (χ0n) is 10.7. The number of amides is 1. The number of rotatable bonds is 4. The zero-order valence-corrected chi connectivity index (χ0v) is 10.7. The minimum absolute atomic E-state index is 0.0505. The molecule has 21 heavy (non-hydrogen) atoms. The van der Waals surface area contributed by atoms with Crippen LogP contribution in [0.5, 0.6) is 0 Å². The number of carbonyl (C=O) groups is 2. The van der Waals surface area contributed by atoms with Crippen molar-refractivity contribution in [1.29, 1.82) is 0 Å². The van der Waals surface area contributed by atoms with E-state index < -0.39 is 16.8 Å². The van der Waals surface area contributed by atoms with Gasteiger partial charge >= 0.3 is 11.7 Å². The SMILES string of the molecule is COC(=O)c1ccc([N+](=O)[O-])c(-n2cc(C(N)=O)cn2)n1. The first-order valence-corrected chi connectivity index (χ1v) is 5.52. The molecule has 0 bridgehead atoms. The molecule has 10 nitrogen and oxygen atoms in total. The summed E-state index contributed by atoms with van der Waals surface area (Å²) in [6.45, 7) is 0. The van der Waals surface area contributed by atoms with Crippen LogP contribution in [0.4, 0.5) is 5.69 Å². The van der Waals surface area contributed by atoms with Crippen LogP contribution in [0.2, 0.25) is 0 Å². The Kier molecular flexibility index (Phi) is 3.61. The van der Waals surface area contributed by atoms with E-state index in [0.717, 1.165) is 30.1 Å². The monoisotopic (exact) mass is 291 g/mol. The van der Waals surface area contributed by atoms with E-state index in [1.165, 1.54) is 6.20 Å². The number of nitro groups is 1. The molecule has 108 valence electrons. The average Bonchev–Trinajstić information content (AvgIpc) is 2.95. The van der Waals surface area contributed by atoms with Crippen molar-refractivity contribution in [3.8, 4) is 5.82 Å². The number of ether oxygens (including phenoxy) is 1. The van der Waals surface area contributed by atoms with Crippen LogP contribution < -0.4 is 5.73 Å². The lowest BCUT2D eigenvalue weighted by atomic mass is 10.3. The van der Waals surface area contributed by atoms with Gasteiger partial charge in [0.1, 0.15) is 0 Å². The second-order valence-electron chi connectivity index (χ2n) is 3.83. The predicted octanol–water partition coefficient (Wildman–Crippen LogP) is 0.0610. The van der Waals surface area contributed by atoms with Gasteiger partial charge in [0.25, 0.3) is 5.91 Å². The summed E-state index contributed by atoms with van der Waals surface area (Å²) in [5.41, 5.74) is 4.61. The quantitative estimate of drug-likeness (QED) is 0.476. The molecule has 2 rings (SSSR count). The smallest absolute Gasteiger partial charge is 0.356 e. The third-order valence-electron chi connectivity index (χ3n) is 2.53. The van der Waals surface area contributed by atoms with E-state index in [4.69, 9.17) is 5.73 Å². The molecule has 1 amide bonds. The van der Waals surface area contributed by atoms with Crippen LogP contribution in [0.3, 0.4) is 0 Å². The van der Waals surface area contributed by atoms with Gasteiger partial charge in [-0.15, -0.1) is 0 Å². The highest BCUT2D eigenvalue weighted by molar-refractivity contribution is 5.92. The number of hydrogen-bond acceptors (Lipinski definition) is 7. The molecule has 2 aromatic rings. The third kappa shape index (κ3) is 2.68. The van der Waals surface area contributed by atoms with Crippen LogP contribution in [0.15, 0.2) is 24.5 Å². The topological polar surface area (TPSA) is 143 Å². The molecule has 2 N–H and O–H groups in total. The van der Waals surface area contributed by atoms with Gasteiger partial charge < -0.3 is 10.5 Å². The maximum atomic E-state index is 11.4. The summed E-state index contributed by atoms with van der Waals surface area (Å²) < 4.78 is 5.49. The van der Waals surface area contributed by atoms with E-state index in [1.54, 1.807) is 0 Å². The first-order chi connectivity index (χ1) is 9.93. The van der Waals surface area contributed by atoms with Gasteiger partial charge in [0.2, 0.25) is 5.82 Å². The van der Waals surface area contributed by atoms with E-state index >= 15 is 0 Å². The Labute approximate surface area is 117 Å². The standard InChI is InChI=1S/C11H9N5O5/c1-21-11(18)7-2-3-8(16(19)20)10(14-7)15-5-6(4-13-15)9(12)17/h2-5H,1H3,(H2,12,17). The lowest BCUT2D eigenvalue weighted by Crippen LogP contribution is -2.11. The van der Waals surface area contributed by atoms with Crippen LogP contribution in [0.25, 0.3) is 5.82 Å². The van der Waals surface area contributed by atoms with Gasteiger partial charge in [0, 0.05) is 12.3 Å². The molecule has 0 fully saturated rings. The lowest BCUT2D eigenvalue weighted by Gasteiger charge is -2.04. The fourth-order valence-corrected chi connectivity index (χ4v) is 1.54. The molecule has 0 aromatic carbocycles. The number of esters is 1. The molecule has 0 aliphatic rings. The van der Waals surface area contributed by atoms with Crippen molar-refractivity contribution in [3.63, 3.8) is 0 Å². The Morgan fingerprint density at radius 3 is 2.67 bits per heavy atom. The highest BCUT2D eigenvalue weighted by Crippen LogP contribution is 2.21. The molecule has 0 atom stereocenters. The number of pyridine rings is 1. The van der Waals surface area contributed by atoms with Crippen molar-refractivity contribution >= 4 is 17.6 Å². The normalized spacial score (nSPS) is 10.1. The summed E-state index contributed by atoms with van der Waals surface area (Å²) in [4.78, 5) is 36.6. The maximum absolute atomic E-state index is 11.4. The summed E-state index contributed by atoms with van der Waals surface area (Å²) in [5, 5.41) is 14.8.